The molecule has 0 heterocycles. The van der Waals surface area contributed by atoms with Crippen molar-refractivity contribution >= 4 is 5.97 Å². The van der Waals surface area contributed by atoms with E-state index < -0.39 is 17.9 Å². The topological polar surface area (TPSA) is 63.3 Å². The summed E-state index contributed by atoms with van der Waals surface area (Å²) in [5.41, 5.74) is 8.21. The fourth-order valence-corrected chi connectivity index (χ4v) is 2.16. The molecule has 0 aliphatic rings. The maximum absolute atomic E-state index is 11.3. The van der Waals surface area contributed by atoms with Crippen molar-refractivity contribution in [1.82, 2.24) is 0 Å². The van der Waals surface area contributed by atoms with E-state index in [0.717, 1.165) is 5.56 Å². The summed E-state index contributed by atoms with van der Waals surface area (Å²) in [7, 11) is 0. The average molecular weight is 249 g/mol. The lowest BCUT2D eigenvalue weighted by Gasteiger charge is -2.24. The first-order valence-electron chi connectivity index (χ1n) is 6.42. The van der Waals surface area contributed by atoms with E-state index in [1.165, 1.54) is 5.56 Å². The Bertz CT molecular complexity index is 395. The lowest BCUT2D eigenvalue weighted by Crippen LogP contribution is -2.32. The number of benzene rings is 1. The van der Waals surface area contributed by atoms with Gasteiger partial charge in [-0.25, -0.2) is 0 Å². The van der Waals surface area contributed by atoms with E-state index >= 15 is 0 Å². The monoisotopic (exact) mass is 249 g/mol. The highest BCUT2D eigenvalue weighted by Gasteiger charge is 2.29. The van der Waals surface area contributed by atoms with Crippen molar-refractivity contribution in [2.75, 3.05) is 0 Å². The number of carbonyl (C=O) groups is 1. The normalized spacial score (nSPS) is 14.8. The molecule has 0 radical (unpaired) electrons. The van der Waals surface area contributed by atoms with E-state index in [1.54, 1.807) is 0 Å². The van der Waals surface area contributed by atoms with Crippen molar-refractivity contribution in [3.63, 3.8) is 0 Å². The number of carboxylic acids is 1. The molecule has 0 aliphatic carbocycles. The van der Waals surface area contributed by atoms with Crippen LogP contribution in [-0.2, 0) is 4.79 Å². The van der Waals surface area contributed by atoms with Gasteiger partial charge in [0.05, 0.1) is 5.92 Å². The molecule has 0 aliphatic heterocycles. The van der Waals surface area contributed by atoms with Gasteiger partial charge in [0.2, 0.25) is 0 Å². The number of hydrogen-bond acceptors (Lipinski definition) is 2. The molecule has 1 aromatic rings. The Kier molecular flexibility index (Phi) is 4.91. The maximum atomic E-state index is 11.3. The SMILES string of the molecule is CC(C)c1ccc(C(N)C(C(=O)O)C(C)C)cc1. The third-order valence-electron chi connectivity index (χ3n) is 3.38. The summed E-state index contributed by atoms with van der Waals surface area (Å²) in [6, 6.07) is 7.48. The molecule has 18 heavy (non-hydrogen) atoms. The zero-order chi connectivity index (χ0) is 13.9. The highest BCUT2D eigenvalue weighted by Crippen LogP contribution is 2.27. The Morgan fingerprint density at radius 3 is 1.83 bits per heavy atom. The maximum Gasteiger partial charge on any atom is 0.308 e. The van der Waals surface area contributed by atoms with Gasteiger partial charge in [-0.15, -0.1) is 0 Å². The fourth-order valence-electron chi connectivity index (χ4n) is 2.16. The Hall–Kier alpha value is -1.35. The van der Waals surface area contributed by atoms with Crippen LogP contribution in [0.5, 0.6) is 0 Å². The lowest BCUT2D eigenvalue weighted by molar-refractivity contribution is -0.144. The van der Waals surface area contributed by atoms with Gasteiger partial charge < -0.3 is 10.8 Å². The van der Waals surface area contributed by atoms with Gasteiger partial charge in [0.15, 0.2) is 0 Å². The van der Waals surface area contributed by atoms with Crippen molar-refractivity contribution in [1.29, 1.82) is 0 Å². The van der Waals surface area contributed by atoms with Crippen LogP contribution < -0.4 is 5.73 Å². The van der Waals surface area contributed by atoms with Crippen LogP contribution in [0.3, 0.4) is 0 Å². The van der Waals surface area contributed by atoms with Gasteiger partial charge in [0, 0.05) is 6.04 Å². The van der Waals surface area contributed by atoms with Gasteiger partial charge in [0.25, 0.3) is 0 Å². The van der Waals surface area contributed by atoms with Crippen LogP contribution in [0.4, 0.5) is 0 Å². The van der Waals surface area contributed by atoms with Crippen LogP contribution in [0.1, 0.15) is 50.8 Å². The molecule has 3 N–H and O–H groups in total. The van der Waals surface area contributed by atoms with E-state index in [4.69, 9.17) is 5.73 Å². The molecule has 100 valence electrons. The molecule has 0 spiro atoms. The Balaban J connectivity index is 2.95. The number of nitrogens with two attached hydrogens (primary N) is 1. The van der Waals surface area contributed by atoms with Gasteiger partial charge in [-0.1, -0.05) is 52.0 Å². The first-order valence-corrected chi connectivity index (χ1v) is 6.42. The quantitative estimate of drug-likeness (QED) is 0.842. The van der Waals surface area contributed by atoms with E-state index in [-0.39, 0.29) is 5.92 Å². The molecular formula is C15H23NO2. The van der Waals surface area contributed by atoms with Gasteiger partial charge in [-0.05, 0) is 23.0 Å². The molecule has 2 atom stereocenters. The van der Waals surface area contributed by atoms with Crippen molar-refractivity contribution in [2.45, 2.75) is 39.7 Å². The summed E-state index contributed by atoms with van der Waals surface area (Å²) in [6.07, 6.45) is 0. The van der Waals surface area contributed by atoms with E-state index in [2.05, 4.69) is 13.8 Å². The number of hydrogen-bond donors (Lipinski definition) is 2. The van der Waals surface area contributed by atoms with Crippen molar-refractivity contribution in [3.8, 4) is 0 Å². The Labute approximate surface area is 109 Å². The Morgan fingerprint density at radius 1 is 1.06 bits per heavy atom. The van der Waals surface area contributed by atoms with E-state index in [9.17, 15) is 9.90 Å². The molecule has 0 amide bonds. The third kappa shape index (κ3) is 3.33. The Morgan fingerprint density at radius 2 is 1.50 bits per heavy atom. The first kappa shape index (κ1) is 14.7. The summed E-state index contributed by atoms with van der Waals surface area (Å²) in [6.45, 7) is 8.04. The highest BCUT2D eigenvalue weighted by molar-refractivity contribution is 5.71. The molecule has 1 rings (SSSR count). The van der Waals surface area contributed by atoms with Crippen LogP contribution in [0.2, 0.25) is 0 Å². The standard InChI is InChI=1S/C15H23NO2/c1-9(2)11-5-7-12(8-6-11)14(16)13(10(3)4)15(17)18/h5-10,13-14H,16H2,1-4H3,(H,17,18). The second-order valence-corrected chi connectivity index (χ2v) is 5.46. The molecule has 0 fully saturated rings. The summed E-state index contributed by atoms with van der Waals surface area (Å²) in [5, 5.41) is 9.24. The van der Waals surface area contributed by atoms with Gasteiger partial charge in [-0.2, -0.15) is 0 Å². The van der Waals surface area contributed by atoms with E-state index in [1.807, 2.05) is 38.1 Å². The molecule has 0 aromatic heterocycles. The molecule has 2 unspecified atom stereocenters. The molecule has 0 bridgehead atoms. The number of aliphatic carboxylic acids is 1. The average Bonchev–Trinajstić information content (AvgIpc) is 2.28. The molecule has 0 saturated carbocycles. The first-order chi connectivity index (χ1) is 8.34. The zero-order valence-electron chi connectivity index (χ0n) is 11.6. The molecule has 3 nitrogen and oxygen atoms in total. The van der Waals surface area contributed by atoms with Crippen LogP contribution in [0.15, 0.2) is 24.3 Å². The van der Waals surface area contributed by atoms with Crippen molar-refractivity contribution in [2.24, 2.45) is 17.6 Å². The second kappa shape index (κ2) is 6.01. The van der Waals surface area contributed by atoms with Crippen molar-refractivity contribution < 1.29 is 9.90 Å². The fraction of sp³-hybridized carbons (Fsp3) is 0.533. The van der Waals surface area contributed by atoms with Gasteiger partial charge in [-0.3, -0.25) is 4.79 Å². The minimum Gasteiger partial charge on any atom is -0.481 e. The summed E-state index contributed by atoms with van der Waals surface area (Å²) in [4.78, 5) is 11.3. The van der Waals surface area contributed by atoms with Crippen LogP contribution in [0, 0.1) is 11.8 Å². The summed E-state index contributed by atoms with van der Waals surface area (Å²) < 4.78 is 0. The van der Waals surface area contributed by atoms with Crippen molar-refractivity contribution in [3.05, 3.63) is 35.4 Å². The zero-order valence-corrected chi connectivity index (χ0v) is 11.6. The van der Waals surface area contributed by atoms with Crippen LogP contribution >= 0.6 is 0 Å². The lowest BCUT2D eigenvalue weighted by atomic mass is 9.84. The van der Waals surface area contributed by atoms with Gasteiger partial charge >= 0.3 is 5.97 Å². The molecule has 3 heteroatoms. The molecule has 1 aromatic carbocycles. The summed E-state index contributed by atoms with van der Waals surface area (Å²) in [5.74, 6) is -0.891. The minimum absolute atomic E-state index is 0.0160. The smallest absolute Gasteiger partial charge is 0.308 e. The minimum atomic E-state index is -0.828. The number of carboxylic acid groups (broad SMARTS) is 1. The largest absolute Gasteiger partial charge is 0.481 e. The predicted octanol–water partition coefficient (Wildman–Crippen LogP) is 3.17. The highest BCUT2D eigenvalue weighted by atomic mass is 16.4. The van der Waals surface area contributed by atoms with Crippen LogP contribution in [-0.4, -0.2) is 11.1 Å². The van der Waals surface area contributed by atoms with Crippen LogP contribution in [0.25, 0.3) is 0 Å². The molecule has 0 saturated heterocycles. The predicted molar refractivity (Wildman–Crippen MR) is 73.4 cm³/mol. The molecular weight excluding hydrogens is 226 g/mol. The van der Waals surface area contributed by atoms with E-state index in [0.29, 0.717) is 5.92 Å². The van der Waals surface area contributed by atoms with Gasteiger partial charge in [0.1, 0.15) is 0 Å². The second-order valence-electron chi connectivity index (χ2n) is 5.46. The summed E-state index contributed by atoms with van der Waals surface area (Å²) >= 11 is 0. The third-order valence-corrected chi connectivity index (χ3v) is 3.38. The number of rotatable bonds is 5.